The largest absolute Gasteiger partial charge is 0.336 e. The van der Waals surface area contributed by atoms with Crippen LogP contribution in [0.15, 0.2) is 71.2 Å². The molecule has 1 fully saturated rings. The van der Waals surface area contributed by atoms with Gasteiger partial charge in [-0.1, -0.05) is 73.1 Å². The van der Waals surface area contributed by atoms with E-state index in [9.17, 15) is 4.79 Å². The molecule has 0 spiro atoms. The van der Waals surface area contributed by atoms with E-state index < -0.39 is 0 Å². The molecule has 0 saturated carbocycles. The first-order valence-corrected chi connectivity index (χ1v) is 14.2. The number of hydrogen-bond donors (Lipinski definition) is 0. The number of carbonyl (C=O) groups excluding carboxylic acids is 1. The van der Waals surface area contributed by atoms with E-state index in [0.29, 0.717) is 0 Å². The van der Waals surface area contributed by atoms with Crippen LogP contribution in [0.25, 0.3) is 22.2 Å². The maximum absolute atomic E-state index is 13.9. The first-order chi connectivity index (χ1) is 18.1. The summed E-state index contributed by atoms with van der Waals surface area (Å²) < 4.78 is 0.946. The molecule has 4 nitrogen and oxygen atoms in total. The molecule has 5 heteroatoms. The molecular formula is C33H36BrN3O. The fourth-order valence-electron chi connectivity index (χ4n) is 5.07. The van der Waals surface area contributed by atoms with Crippen LogP contribution in [-0.4, -0.2) is 46.9 Å². The quantitative estimate of drug-likeness (QED) is 0.255. The number of aryl methyl sites for hydroxylation is 2. The van der Waals surface area contributed by atoms with Crippen LogP contribution in [0.1, 0.15) is 53.4 Å². The topological polar surface area (TPSA) is 36.4 Å². The predicted molar refractivity (Wildman–Crippen MR) is 161 cm³/mol. The molecule has 0 N–H and O–H groups in total. The van der Waals surface area contributed by atoms with E-state index >= 15 is 0 Å². The van der Waals surface area contributed by atoms with Gasteiger partial charge < -0.3 is 4.90 Å². The van der Waals surface area contributed by atoms with E-state index in [0.717, 1.165) is 64.9 Å². The molecular weight excluding hydrogens is 534 g/mol. The van der Waals surface area contributed by atoms with Gasteiger partial charge in [0.2, 0.25) is 0 Å². The minimum Gasteiger partial charge on any atom is -0.336 e. The number of amides is 1. The van der Waals surface area contributed by atoms with Gasteiger partial charge >= 0.3 is 0 Å². The van der Waals surface area contributed by atoms with Gasteiger partial charge in [-0.05, 0) is 71.8 Å². The Balaban J connectivity index is 1.35. The second-order valence-electron chi connectivity index (χ2n) is 11.5. The normalized spacial score (nSPS) is 14.7. The molecule has 196 valence electrons. The van der Waals surface area contributed by atoms with Crippen molar-refractivity contribution in [1.29, 1.82) is 0 Å². The Hall–Kier alpha value is -3.02. The third kappa shape index (κ3) is 5.69. The Kier molecular flexibility index (Phi) is 7.43. The van der Waals surface area contributed by atoms with Gasteiger partial charge in [0.1, 0.15) is 0 Å². The first-order valence-electron chi connectivity index (χ1n) is 13.4. The lowest BCUT2D eigenvalue weighted by Gasteiger charge is -2.35. The number of benzene rings is 3. The zero-order valence-electron chi connectivity index (χ0n) is 23.0. The van der Waals surface area contributed by atoms with E-state index in [4.69, 9.17) is 4.98 Å². The third-order valence-corrected chi connectivity index (χ3v) is 8.18. The van der Waals surface area contributed by atoms with Gasteiger partial charge in [0.15, 0.2) is 0 Å². The average molecular weight is 571 g/mol. The number of halogens is 1. The maximum atomic E-state index is 13.9. The number of carbonyl (C=O) groups is 1. The smallest absolute Gasteiger partial charge is 0.254 e. The van der Waals surface area contributed by atoms with Crippen molar-refractivity contribution in [3.8, 4) is 11.3 Å². The van der Waals surface area contributed by atoms with Gasteiger partial charge in [0.05, 0.1) is 16.8 Å². The second-order valence-corrected chi connectivity index (χ2v) is 12.4. The molecule has 1 saturated heterocycles. The lowest BCUT2D eigenvalue weighted by Crippen LogP contribution is -2.48. The molecule has 2 heterocycles. The van der Waals surface area contributed by atoms with Crippen LogP contribution in [0.2, 0.25) is 0 Å². The van der Waals surface area contributed by atoms with Crippen molar-refractivity contribution in [1.82, 2.24) is 14.8 Å². The highest BCUT2D eigenvalue weighted by molar-refractivity contribution is 9.10. The fourth-order valence-corrected chi connectivity index (χ4v) is 5.43. The molecule has 38 heavy (non-hydrogen) atoms. The van der Waals surface area contributed by atoms with Crippen molar-refractivity contribution in [2.75, 3.05) is 26.2 Å². The van der Waals surface area contributed by atoms with Crippen molar-refractivity contribution in [3.05, 3.63) is 99.0 Å². The second kappa shape index (κ2) is 10.6. The zero-order chi connectivity index (χ0) is 27.0. The molecule has 0 radical (unpaired) electrons. The summed E-state index contributed by atoms with van der Waals surface area (Å²) in [6.45, 7) is 15.0. The van der Waals surface area contributed by atoms with Crippen LogP contribution in [-0.2, 0) is 12.0 Å². The van der Waals surface area contributed by atoms with Crippen molar-refractivity contribution < 1.29 is 4.79 Å². The molecule has 0 atom stereocenters. The minimum absolute atomic E-state index is 0.0785. The lowest BCUT2D eigenvalue weighted by atomic mass is 9.87. The summed E-state index contributed by atoms with van der Waals surface area (Å²) in [5, 5.41) is 0.887. The fraction of sp³-hybridized carbons (Fsp3) is 0.333. The molecule has 1 aliphatic rings. The molecule has 0 unspecified atom stereocenters. The predicted octanol–water partition coefficient (Wildman–Crippen LogP) is 7.54. The number of fused-ring (bicyclic) bond motifs is 1. The van der Waals surface area contributed by atoms with Crippen LogP contribution in [0.3, 0.4) is 0 Å². The van der Waals surface area contributed by atoms with Crippen LogP contribution in [0.5, 0.6) is 0 Å². The maximum Gasteiger partial charge on any atom is 0.254 e. The van der Waals surface area contributed by atoms with E-state index in [-0.39, 0.29) is 11.3 Å². The molecule has 1 aromatic heterocycles. The number of aromatic nitrogens is 1. The summed E-state index contributed by atoms with van der Waals surface area (Å²) >= 11 is 3.59. The van der Waals surface area contributed by atoms with Gasteiger partial charge in [-0.25, -0.2) is 4.98 Å². The van der Waals surface area contributed by atoms with Gasteiger partial charge in [-0.2, -0.15) is 0 Å². The summed E-state index contributed by atoms with van der Waals surface area (Å²) in [5.41, 5.74) is 8.73. The standard InChI is InChI=1S/C33H36BrN3O/c1-22-6-9-25(18-23(22)2)31-20-29(28-19-27(34)12-13-30(28)35-31)32(38)37-16-14-36(15-17-37)21-24-7-10-26(11-8-24)33(3,4)5/h6-13,18-20H,14-17,21H2,1-5H3. The van der Waals surface area contributed by atoms with E-state index in [2.05, 4.69) is 97.9 Å². The lowest BCUT2D eigenvalue weighted by molar-refractivity contribution is 0.0630. The Bertz CT molecular complexity index is 1480. The summed E-state index contributed by atoms with van der Waals surface area (Å²) in [5.74, 6) is 0.0785. The van der Waals surface area contributed by atoms with Gasteiger partial charge in [-0.3, -0.25) is 9.69 Å². The summed E-state index contributed by atoms with van der Waals surface area (Å²) in [4.78, 5) is 23.3. The third-order valence-electron chi connectivity index (χ3n) is 7.69. The highest BCUT2D eigenvalue weighted by Crippen LogP contribution is 2.29. The molecule has 0 aliphatic carbocycles. The molecule has 1 amide bonds. The van der Waals surface area contributed by atoms with Crippen molar-refractivity contribution in [3.63, 3.8) is 0 Å². The number of rotatable bonds is 4. The molecule has 4 aromatic rings. The Labute approximate surface area is 234 Å². The Morgan fingerprint density at radius 1 is 0.868 bits per heavy atom. The summed E-state index contributed by atoms with van der Waals surface area (Å²) in [6.07, 6.45) is 0. The molecule has 0 bridgehead atoms. The van der Waals surface area contributed by atoms with E-state index in [1.165, 1.54) is 22.3 Å². The van der Waals surface area contributed by atoms with Crippen molar-refractivity contribution in [2.45, 2.75) is 46.6 Å². The highest BCUT2D eigenvalue weighted by atomic mass is 79.9. The van der Waals surface area contributed by atoms with Crippen LogP contribution in [0.4, 0.5) is 0 Å². The highest BCUT2D eigenvalue weighted by Gasteiger charge is 2.25. The number of piperazine rings is 1. The number of pyridine rings is 1. The van der Waals surface area contributed by atoms with Crippen molar-refractivity contribution >= 4 is 32.7 Å². The molecule has 1 aliphatic heterocycles. The van der Waals surface area contributed by atoms with Crippen molar-refractivity contribution in [2.24, 2.45) is 0 Å². The van der Waals surface area contributed by atoms with Crippen LogP contribution >= 0.6 is 15.9 Å². The summed E-state index contributed by atoms with van der Waals surface area (Å²) in [6, 6.07) is 23.3. The Morgan fingerprint density at radius 2 is 1.58 bits per heavy atom. The number of nitrogens with zero attached hydrogens (tertiary/aromatic N) is 3. The zero-order valence-corrected chi connectivity index (χ0v) is 24.6. The average Bonchev–Trinajstić information content (AvgIpc) is 2.89. The Morgan fingerprint density at radius 3 is 2.24 bits per heavy atom. The summed E-state index contributed by atoms with van der Waals surface area (Å²) in [7, 11) is 0. The minimum atomic E-state index is 0.0785. The molecule has 5 rings (SSSR count). The SMILES string of the molecule is Cc1ccc(-c2cc(C(=O)N3CCN(Cc4ccc(C(C)(C)C)cc4)CC3)c3cc(Br)ccc3n2)cc1C. The number of hydrogen-bond acceptors (Lipinski definition) is 3. The first kappa shape index (κ1) is 26.6. The van der Waals surface area contributed by atoms with Gasteiger partial charge in [0, 0.05) is 48.1 Å². The van der Waals surface area contributed by atoms with Crippen LogP contribution < -0.4 is 0 Å². The van der Waals surface area contributed by atoms with Gasteiger partial charge in [0.25, 0.3) is 5.91 Å². The monoisotopic (exact) mass is 569 g/mol. The van der Waals surface area contributed by atoms with E-state index in [1.807, 2.05) is 29.2 Å². The molecule has 3 aromatic carbocycles. The van der Waals surface area contributed by atoms with E-state index in [1.54, 1.807) is 0 Å². The van der Waals surface area contributed by atoms with Crippen LogP contribution in [0, 0.1) is 13.8 Å². The van der Waals surface area contributed by atoms with Gasteiger partial charge in [-0.15, -0.1) is 0 Å².